The van der Waals surface area contributed by atoms with Crippen LogP contribution in [-0.2, 0) is 4.79 Å². The molecule has 6 heteroatoms. The van der Waals surface area contributed by atoms with Gasteiger partial charge in [-0.2, -0.15) is 0 Å². The zero-order valence-electron chi connectivity index (χ0n) is 12.1. The maximum absolute atomic E-state index is 12.3. The van der Waals surface area contributed by atoms with Crippen LogP contribution in [0.4, 0.5) is 5.82 Å². The van der Waals surface area contributed by atoms with Crippen LogP contribution >= 0.6 is 0 Å². The summed E-state index contributed by atoms with van der Waals surface area (Å²) in [4.78, 5) is 30.4. The average Bonchev–Trinajstić information content (AvgIpc) is 3.09. The van der Waals surface area contributed by atoms with Crippen molar-refractivity contribution < 1.29 is 14.0 Å². The van der Waals surface area contributed by atoms with Gasteiger partial charge in [-0.25, -0.2) is 4.98 Å². The molecule has 1 atom stereocenters. The largest absolute Gasteiger partial charge is 0.472 e. The van der Waals surface area contributed by atoms with E-state index in [0.717, 1.165) is 12.8 Å². The summed E-state index contributed by atoms with van der Waals surface area (Å²) in [7, 11) is 0. The SMILES string of the molecule is O=C(Nc1ccccn1)[C@H]1CCCN(C(=O)c2ccoc2)C1. The number of likely N-dealkylation sites (tertiary alicyclic amines) is 1. The number of furan rings is 1. The van der Waals surface area contributed by atoms with Crippen LogP contribution in [-0.4, -0.2) is 34.8 Å². The molecule has 3 rings (SSSR count). The predicted molar refractivity (Wildman–Crippen MR) is 80.2 cm³/mol. The number of carbonyl (C=O) groups excluding carboxylic acids is 2. The first-order valence-corrected chi connectivity index (χ1v) is 7.27. The number of nitrogens with zero attached hydrogens (tertiary/aromatic N) is 2. The fourth-order valence-corrected chi connectivity index (χ4v) is 2.61. The molecule has 22 heavy (non-hydrogen) atoms. The maximum atomic E-state index is 12.3. The molecule has 1 aliphatic rings. The van der Waals surface area contributed by atoms with Gasteiger partial charge in [0.05, 0.1) is 17.7 Å². The zero-order valence-corrected chi connectivity index (χ0v) is 12.1. The number of nitrogens with one attached hydrogen (secondary N) is 1. The lowest BCUT2D eigenvalue weighted by Crippen LogP contribution is -2.43. The number of pyridine rings is 1. The second-order valence-corrected chi connectivity index (χ2v) is 5.31. The Kier molecular flexibility index (Phi) is 4.18. The highest BCUT2D eigenvalue weighted by molar-refractivity contribution is 5.95. The number of carbonyl (C=O) groups is 2. The second kappa shape index (κ2) is 6.43. The second-order valence-electron chi connectivity index (χ2n) is 5.31. The Bertz CT molecular complexity index is 640. The smallest absolute Gasteiger partial charge is 0.257 e. The lowest BCUT2D eigenvalue weighted by Gasteiger charge is -2.31. The standard InChI is InChI=1S/C16H17N3O3/c20-15(18-14-5-1-2-7-17-14)12-4-3-8-19(10-12)16(21)13-6-9-22-11-13/h1-2,5-7,9,11-12H,3-4,8,10H2,(H,17,18,20)/t12-/m0/s1. The van der Waals surface area contributed by atoms with Gasteiger partial charge in [-0.3, -0.25) is 9.59 Å². The number of aromatic nitrogens is 1. The van der Waals surface area contributed by atoms with Crippen molar-refractivity contribution in [3.63, 3.8) is 0 Å². The van der Waals surface area contributed by atoms with Gasteiger partial charge in [-0.15, -0.1) is 0 Å². The Morgan fingerprint density at radius 2 is 2.23 bits per heavy atom. The van der Waals surface area contributed by atoms with E-state index in [-0.39, 0.29) is 17.7 Å². The van der Waals surface area contributed by atoms with E-state index in [1.165, 1.54) is 12.5 Å². The summed E-state index contributed by atoms with van der Waals surface area (Å²) in [5.41, 5.74) is 0.519. The van der Waals surface area contributed by atoms with E-state index in [2.05, 4.69) is 10.3 Å². The van der Waals surface area contributed by atoms with Crippen LogP contribution in [0.25, 0.3) is 0 Å². The molecule has 0 saturated carbocycles. The van der Waals surface area contributed by atoms with E-state index in [1.807, 2.05) is 6.07 Å². The van der Waals surface area contributed by atoms with Crippen LogP contribution in [0, 0.1) is 5.92 Å². The summed E-state index contributed by atoms with van der Waals surface area (Å²) in [6, 6.07) is 6.99. The van der Waals surface area contributed by atoms with Gasteiger partial charge in [0.1, 0.15) is 12.1 Å². The van der Waals surface area contributed by atoms with Gasteiger partial charge < -0.3 is 14.6 Å². The van der Waals surface area contributed by atoms with Crippen LogP contribution in [0.2, 0.25) is 0 Å². The molecule has 6 nitrogen and oxygen atoms in total. The Hall–Kier alpha value is -2.63. The van der Waals surface area contributed by atoms with Gasteiger partial charge in [-0.1, -0.05) is 6.07 Å². The summed E-state index contributed by atoms with van der Waals surface area (Å²) in [6.45, 7) is 1.08. The zero-order chi connectivity index (χ0) is 15.4. The average molecular weight is 299 g/mol. The van der Waals surface area contributed by atoms with Gasteiger partial charge in [0, 0.05) is 19.3 Å². The van der Waals surface area contributed by atoms with E-state index in [0.29, 0.717) is 24.5 Å². The third-order valence-corrected chi connectivity index (χ3v) is 3.76. The minimum absolute atomic E-state index is 0.0934. The third kappa shape index (κ3) is 3.16. The monoisotopic (exact) mass is 299 g/mol. The van der Waals surface area contributed by atoms with Gasteiger partial charge in [0.2, 0.25) is 5.91 Å². The fourth-order valence-electron chi connectivity index (χ4n) is 2.61. The molecule has 0 bridgehead atoms. The van der Waals surface area contributed by atoms with Gasteiger partial charge >= 0.3 is 0 Å². The van der Waals surface area contributed by atoms with Crippen LogP contribution in [0.1, 0.15) is 23.2 Å². The molecule has 0 aromatic carbocycles. The third-order valence-electron chi connectivity index (χ3n) is 3.76. The first-order valence-electron chi connectivity index (χ1n) is 7.27. The fraction of sp³-hybridized carbons (Fsp3) is 0.312. The molecule has 2 aromatic rings. The summed E-state index contributed by atoms with van der Waals surface area (Å²) in [5, 5.41) is 2.80. The van der Waals surface area contributed by atoms with Gasteiger partial charge in [0.15, 0.2) is 0 Å². The number of hydrogen-bond donors (Lipinski definition) is 1. The Labute approximate surface area is 128 Å². The molecule has 1 aliphatic heterocycles. The Morgan fingerprint density at radius 1 is 1.32 bits per heavy atom. The molecule has 114 valence electrons. The molecule has 0 unspecified atom stereocenters. The Morgan fingerprint density at radius 3 is 2.95 bits per heavy atom. The molecular weight excluding hydrogens is 282 g/mol. The van der Waals surface area contributed by atoms with Crippen LogP contribution in [0.5, 0.6) is 0 Å². The van der Waals surface area contributed by atoms with Crippen LogP contribution in [0.15, 0.2) is 47.4 Å². The van der Waals surface area contributed by atoms with Crippen molar-refractivity contribution in [1.82, 2.24) is 9.88 Å². The molecule has 2 amide bonds. The topological polar surface area (TPSA) is 75.4 Å². The van der Waals surface area contributed by atoms with Crippen molar-refractivity contribution in [2.45, 2.75) is 12.8 Å². The van der Waals surface area contributed by atoms with E-state index in [1.54, 1.807) is 29.3 Å². The summed E-state index contributed by atoms with van der Waals surface area (Å²) in [6.07, 6.45) is 6.12. The molecule has 0 spiro atoms. The predicted octanol–water partition coefficient (Wildman–Crippen LogP) is 2.17. The highest BCUT2D eigenvalue weighted by Gasteiger charge is 2.29. The molecule has 0 aliphatic carbocycles. The molecule has 0 radical (unpaired) electrons. The van der Waals surface area contributed by atoms with Gasteiger partial charge in [-0.05, 0) is 31.0 Å². The van der Waals surface area contributed by atoms with E-state index >= 15 is 0 Å². The highest BCUT2D eigenvalue weighted by atomic mass is 16.3. The van der Waals surface area contributed by atoms with E-state index in [9.17, 15) is 9.59 Å². The van der Waals surface area contributed by atoms with Crippen molar-refractivity contribution in [2.24, 2.45) is 5.92 Å². The van der Waals surface area contributed by atoms with Crippen molar-refractivity contribution in [2.75, 3.05) is 18.4 Å². The lowest BCUT2D eigenvalue weighted by atomic mass is 9.96. The molecule has 1 fully saturated rings. The van der Waals surface area contributed by atoms with Crippen molar-refractivity contribution in [3.05, 3.63) is 48.6 Å². The molecule has 1 saturated heterocycles. The first-order chi connectivity index (χ1) is 10.7. The molecule has 3 heterocycles. The quantitative estimate of drug-likeness (QED) is 0.942. The normalized spacial score (nSPS) is 18.0. The van der Waals surface area contributed by atoms with Crippen molar-refractivity contribution >= 4 is 17.6 Å². The number of piperidine rings is 1. The molecular formula is C16H17N3O3. The lowest BCUT2D eigenvalue weighted by molar-refractivity contribution is -0.121. The number of anilines is 1. The number of rotatable bonds is 3. The first kappa shape index (κ1) is 14.3. The van der Waals surface area contributed by atoms with E-state index in [4.69, 9.17) is 4.42 Å². The van der Waals surface area contributed by atoms with Gasteiger partial charge in [0.25, 0.3) is 5.91 Å². The summed E-state index contributed by atoms with van der Waals surface area (Å²) < 4.78 is 4.94. The summed E-state index contributed by atoms with van der Waals surface area (Å²) in [5.74, 6) is 0.130. The minimum atomic E-state index is -0.216. The molecule has 1 N–H and O–H groups in total. The molecule has 2 aromatic heterocycles. The summed E-state index contributed by atoms with van der Waals surface area (Å²) >= 11 is 0. The number of hydrogen-bond acceptors (Lipinski definition) is 4. The highest BCUT2D eigenvalue weighted by Crippen LogP contribution is 2.20. The van der Waals surface area contributed by atoms with Crippen molar-refractivity contribution in [3.8, 4) is 0 Å². The number of amides is 2. The van der Waals surface area contributed by atoms with E-state index < -0.39 is 0 Å². The minimum Gasteiger partial charge on any atom is -0.472 e. The van der Waals surface area contributed by atoms with Crippen LogP contribution < -0.4 is 5.32 Å². The van der Waals surface area contributed by atoms with Crippen LogP contribution in [0.3, 0.4) is 0 Å². The van der Waals surface area contributed by atoms with Crippen molar-refractivity contribution in [1.29, 1.82) is 0 Å². The maximum Gasteiger partial charge on any atom is 0.257 e. The Balaban J connectivity index is 1.63.